The van der Waals surface area contributed by atoms with Crippen LogP contribution in [-0.4, -0.2) is 42.5 Å². The first-order valence-corrected chi connectivity index (χ1v) is 5.00. The van der Waals surface area contributed by atoms with Gasteiger partial charge < -0.3 is 15.5 Å². The van der Waals surface area contributed by atoms with Gasteiger partial charge in [-0.05, 0) is 0 Å². The zero-order chi connectivity index (χ0) is 12.0. The average molecular weight is 222 g/mol. The molecule has 0 aromatic rings. The van der Waals surface area contributed by atoms with E-state index in [4.69, 9.17) is 5.26 Å². The van der Waals surface area contributed by atoms with Crippen LogP contribution in [0.3, 0.4) is 0 Å². The third-order valence-corrected chi connectivity index (χ3v) is 2.11. The van der Waals surface area contributed by atoms with Crippen molar-refractivity contribution in [1.29, 1.82) is 5.26 Å². The van der Waals surface area contributed by atoms with Gasteiger partial charge in [0.25, 0.3) is 0 Å². The van der Waals surface area contributed by atoms with Crippen LogP contribution in [0.1, 0.15) is 6.42 Å². The molecule has 0 aromatic carbocycles. The van der Waals surface area contributed by atoms with E-state index in [-0.39, 0.29) is 30.9 Å². The summed E-state index contributed by atoms with van der Waals surface area (Å²) in [5.74, 6) is -0.101. The summed E-state index contributed by atoms with van der Waals surface area (Å²) >= 11 is 0. The van der Waals surface area contributed by atoms with Gasteiger partial charge in [-0.2, -0.15) is 5.26 Å². The smallest absolute Gasteiger partial charge is 0.315 e. The van der Waals surface area contributed by atoms with Crippen LogP contribution in [0.5, 0.6) is 0 Å². The van der Waals surface area contributed by atoms with Gasteiger partial charge in [0, 0.05) is 19.5 Å². The van der Waals surface area contributed by atoms with Gasteiger partial charge in [0.15, 0.2) is 0 Å². The Morgan fingerprint density at radius 1 is 1.56 bits per heavy atom. The molecule has 1 fully saturated rings. The molecule has 1 aliphatic heterocycles. The van der Waals surface area contributed by atoms with Crippen LogP contribution in [0.2, 0.25) is 0 Å². The highest BCUT2D eigenvalue weighted by Crippen LogP contribution is 2.16. The largest absolute Gasteiger partial charge is 0.338 e. The van der Waals surface area contributed by atoms with Crippen LogP contribution in [0.4, 0.5) is 4.79 Å². The zero-order valence-electron chi connectivity index (χ0n) is 8.90. The molecule has 6 heteroatoms. The van der Waals surface area contributed by atoms with Crippen LogP contribution in [0.25, 0.3) is 0 Å². The highest BCUT2D eigenvalue weighted by Gasteiger charge is 2.37. The molecule has 86 valence electrons. The minimum Gasteiger partial charge on any atom is -0.338 e. The van der Waals surface area contributed by atoms with Crippen molar-refractivity contribution in [3.8, 4) is 6.07 Å². The number of urea groups is 1. The van der Waals surface area contributed by atoms with Gasteiger partial charge in [-0.25, -0.2) is 4.79 Å². The summed E-state index contributed by atoms with van der Waals surface area (Å²) in [6.07, 6.45) is 1.79. The molecule has 0 radical (unpaired) electrons. The molecular formula is C10H14N4O2. The van der Waals surface area contributed by atoms with Crippen molar-refractivity contribution in [3.05, 3.63) is 12.7 Å². The van der Waals surface area contributed by atoms with E-state index in [2.05, 4.69) is 17.2 Å². The predicted octanol–water partition coefficient (Wildman–Crippen LogP) is -0.404. The lowest BCUT2D eigenvalue weighted by Gasteiger charge is -2.05. The first kappa shape index (κ1) is 12.0. The van der Waals surface area contributed by atoms with E-state index in [0.717, 1.165) is 0 Å². The Kier molecular flexibility index (Phi) is 4.33. The van der Waals surface area contributed by atoms with Crippen molar-refractivity contribution in [2.24, 2.45) is 0 Å². The Morgan fingerprint density at radius 2 is 2.31 bits per heavy atom. The number of nitrogens with one attached hydrogen (secondary N) is 2. The Labute approximate surface area is 93.9 Å². The number of nitrogens with zero attached hydrogens (tertiary/aromatic N) is 2. The molecule has 2 N–H and O–H groups in total. The summed E-state index contributed by atoms with van der Waals surface area (Å²) in [5, 5.41) is 13.6. The normalized spacial score (nSPS) is 17.2. The molecule has 1 saturated heterocycles. The maximum absolute atomic E-state index is 11.4. The molecule has 0 aromatic heterocycles. The summed E-state index contributed by atoms with van der Waals surface area (Å²) in [7, 11) is 0. The molecular weight excluding hydrogens is 208 g/mol. The molecule has 6 nitrogen and oxygen atoms in total. The van der Waals surface area contributed by atoms with Crippen LogP contribution in [0, 0.1) is 11.3 Å². The van der Waals surface area contributed by atoms with Crippen molar-refractivity contribution in [1.82, 2.24) is 15.5 Å². The Hall–Kier alpha value is -2.03. The number of hydrogen-bond donors (Lipinski definition) is 2. The zero-order valence-corrected chi connectivity index (χ0v) is 8.90. The first-order chi connectivity index (χ1) is 7.69. The maximum atomic E-state index is 11.4. The van der Waals surface area contributed by atoms with E-state index in [9.17, 15) is 9.59 Å². The summed E-state index contributed by atoms with van der Waals surface area (Å²) in [5.41, 5.74) is 0. The highest BCUT2D eigenvalue weighted by molar-refractivity contribution is 5.80. The molecule has 1 unspecified atom stereocenters. The van der Waals surface area contributed by atoms with Crippen molar-refractivity contribution in [3.63, 3.8) is 0 Å². The van der Waals surface area contributed by atoms with Gasteiger partial charge in [-0.1, -0.05) is 6.08 Å². The SMILES string of the molecule is C=CCNC(=O)NCCC(=O)N1CC1C#N. The van der Waals surface area contributed by atoms with E-state index in [1.165, 1.54) is 4.90 Å². The number of rotatable bonds is 5. The van der Waals surface area contributed by atoms with Crippen molar-refractivity contribution >= 4 is 11.9 Å². The molecule has 1 rings (SSSR count). The van der Waals surface area contributed by atoms with Crippen molar-refractivity contribution in [2.45, 2.75) is 12.5 Å². The van der Waals surface area contributed by atoms with Gasteiger partial charge >= 0.3 is 6.03 Å². The third kappa shape index (κ3) is 3.61. The number of amides is 3. The Morgan fingerprint density at radius 3 is 2.88 bits per heavy atom. The van der Waals surface area contributed by atoms with E-state index >= 15 is 0 Å². The van der Waals surface area contributed by atoms with Gasteiger partial charge in [0.2, 0.25) is 5.91 Å². The molecule has 1 aliphatic rings. The first-order valence-electron chi connectivity index (χ1n) is 5.00. The lowest BCUT2D eigenvalue weighted by molar-refractivity contribution is -0.125. The minimum absolute atomic E-state index is 0.101. The quantitative estimate of drug-likeness (QED) is 0.490. The van der Waals surface area contributed by atoms with Crippen LogP contribution >= 0.6 is 0 Å². The van der Waals surface area contributed by atoms with Gasteiger partial charge in [-0.3, -0.25) is 4.79 Å². The predicted molar refractivity (Wildman–Crippen MR) is 57.3 cm³/mol. The molecule has 1 atom stereocenters. The second kappa shape index (κ2) is 5.75. The Balaban J connectivity index is 2.07. The van der Waals surface area contributed by atoms with Gasteiger partial charge in [-0.15, -0.1) is 6.58 Å². The standard InChI is InChI=1S/C10H14N4O2/c1-2-4-12-10(16)13-5-3-9(15)14-7-8(14)6-11/h2,8H,1,3-5,7H2,(H2,12,13,16). The summed E-state index contributed by atoms with van der Waals surface area (Å²) in [4.78, 5) is 23.9. The number of carbonyl (C=O) groups excluding carboxylic acids is 2. The second-order valence-corrected chi connectivity index (χ2v) is 3.37. The van der Waals surface area contributed by atoms with Crippen molar-refractivity contribution in [2.75, 3.05) is 19.6 Å². The molecule has 16 heavy (non-hydrogen) atoms. The number of nitriles is 1. The fraction of sp³-hybridized carbons (Fsp3) is 0.500. The third-order valence-electron chi connectivity index (χ3n) is 2.11. The molecule has 0 bridgehead atoms. The monoisotopic (exact) mass is 222 g/mol. The maximum Gasteiger partial charge on any atom is 0.315 e. The topological polar surface area (TPSA) is 85.0 Å². The second-order valence-electron chi connectivity index (χ2n) is 3.37. The average Bonchev–Trinajstić information content (AvgIpc) is 3.05. The minimum atomic E-state index is -0.324. The lowest BCUT2D eigenvalue weighted by Crippen LogP contribution is -2.37. The van der Waals surface area contributed by atoms with E-state index in [1.807, 2.05) is 6.07 Å². The summed E-state index contributed by atoms with van der Waals surface area (Å²) in [6.45, 7) is 4.63. The molecule has 0 spiro atoms. The number of carbonyl (C=O) groups is 2. The molecule has 0 aliphatic carbocycles. The van der Waals surface area contributed by atoms with E-state index in [1.54, 1.807) is 6.08 Å². The molecule has 1 heterocycles. The van der Waals surface area contributed by atoms with Gasteiger partial charge in [0.1, 0.15) is 6.04 Å². The molecule has 3 amide bonds. The van der Waals surface area contributed by atoms with Crippen LogP contribution in [-0.2, 0) is 4.79 Å². The van der Waals surface area contributed by atoms with E-state index < -0.39 is 0 Å². The van der Waals surface area contributed by atoms with Crippen LogP contribution < -0.4 is 10.6 Å². The summed E-state index contributed by atoms with van der Waals surface area (Å²) < 4.78 is 0. The molecule has 0 saturated carbocycles. The fourth-order valence-corrected chi connectivity index (χ4v) is 1.18. The summed E-state index contributed by atoms with van der Waals surface area (Å²) in [6, 6.07) is 1.41. The highest BCUT2D eigenvalue weighted by atomic mass is 16.2. The lowest BCUT2D eigenvalue weighted by atomic mass is 10.4. The number of hydrogen-bond acceptors (Lipinski definition) is 3. The van der Waals surface area contributed by atoms with Gasteiger partial charge in [0.05, 0.1) is 12.6 Å². The van der Waals surface area contributed by atoms with E-state index in [0.29, 0.717) is 13.1 Å². The van der Waals surface area contributed by atoms with Crippen molar-refractivity contribution < 1.29 is 9.59 Å². The Bertz CT molecular complexity index is 334. The fourth-order valence-electron chi connectivity index (χ4n) is 1.18. The van der Waals surface area contributed by atoms with Crippen LogP contribution in [0.15, 0.2) is 12.7 Å².